The number of ether oxygens (including phenoxy) is 1. The molecule has 0 aromatic carbocycles. The van der Waals surface area contributed by atoms with E-state index in [0.29, 0.717) is 0 Å². The van der Waals surface area contributed by atoms with Gasteiger partial charge in [-0.05, 0) is 18.8 Å². The maximum absolute atomic E-state index is 5.65. The maximum atomic E-state index is 5.65. The van der Waals surface area contributed by atoms with E-state index in [4.69, 9.17) is 10.5 Å². The highest BCUT2D eigenvalue weighted by Crippen LogP contribution is 2.10. The molecule has 1 atom stereocenters. The van der Waals surface area contributed by atoms with Gasteiger partial charge in [-0.1, -0.05) is 52.9 Å². The third-order valence-corrected chi connectivity index (χ3v) is 2.66. The van der Waals surface area contributed by atoms with Crippen molar-refractivity contribution in [2.45, 2.75) is 71.9 Å². The summed E-state index contributed by atoms with van der Waals surface area (Å²) >= 11 is 0. The van der Waals surface area contributed by atoms with E-state index in [1.807, 2.05) is 0 Å². The number of unbranched alkanes of at least 4 members (excludes halogenated alkanes) is 4. The molecule has 0 heterocycles. The number of hydrogen-bond acceptors (Lipinski definition) is 2. The fourth-order valence-corrected chi connectivity index (χ4v) is 1.54. The van der Waals surface area contributed by atoms with E-state index < -0.39 is 0 Å². The molecule has 1 unspecified atom stereocenters. The second kappa shape index (κ2) is 10.4. The molecule has 0 amide bonds. The second-order valence-corrected chi connectivity index (χ2v) is 4.77. The van der Waals surface area contributed by atoms with E-state index in [1.165, 1.54) is 32.1 Å². The van der Waals surface area contributed by atoms with Crippen molar-refractivity contribution in [3.63, 3.8) is 0 Å². The van der Waals surface area contributed by atoms with Gasteiger partial charge < -0.3 is 10.5 Å². The first-order valence-corrected chi connectivity index (χ1v) is 6.54. The van der Waals surface area contributed by atoms with Crippen LogP contribution in [-0.4, -0.2) is 12.8 Å². The molecule has 0 rings (SSSR count). The van der Waals surface area contributed by atoms with Gasteiger partial charge in [-0.15, -0.1) is 0 Å². The first-order chi connectivity index (χ1) is 7.16. The van der Waals surface area contributed by atoms with Gasteiger partial charge in [0.15, 0.2) is 0 Å². The first-order valence-electron chi connectivity index (χ1n) is 6.54. The molecule has 0 spiro atoms. The third-order valence-electron chi connectivity index (χ3n) is 2.66. The fraction of sp³-hybridized carbons (Fsp3) is 1.00. The molecule has 0 aromatic heterocycles. The number of hydrogen-bond donors (Lipinski definition) is 1. The average molecular weight is 215 g/mol. The Labute approximate surface area is 95.6 Å². The van der Waals surface area contributed by atoms with Crippen molar-refractivity contribution < 1.29 is 4.74 Å². The monoisotopic (exact) mass is 215 g/mol. The zero-order valence-corrected chi connectivity index (χ0v) is 10.8. The Morgan fingerprint density at radius 3 is 2.20 bits per heavy atom. The van der Waals surface area contributed by atoms with Gasteiger partial charge in [-0.2, -0.15) is 0 Å². The highest BCUT2D eigenvalue weighted by Gasteiger charge is 1.98. The highest BCUT2D eigenvalue weighted by molar-refractivity contribution is 4.49. The predicted octanol–water partition coefficient (Wildman–Crippen LogP) is 3.69. The SMILES string of the molecule is CCC(N)OCCCCCCCC(C)C. The lowest BCUT2D eigenvalue weighted by atomic mass is 10.0. The quantitative estimate of drug-likeness (QED) is 0.445. The van der Waals surface area contributed by atoms with Crippen LogP contribution in [0, 0.1) is 5.92 Å². The molecule has 0 aliphatic carbocycles. The van der Waals surface area contributed by atoms with Gasteiger partial charge in [-0.25, -0.2) is 0 Å². The highest BCUT2D eigenvalue weighted by atomic mass is 16.5. The zero-order valence-electron chi connectivity index (χ0n) is 10.8. The molecule has 2 N–H and O–H groups in total. The van der Waals surface area contributed by atoms with Gasteiger partial charge in [-0.3, -0.25) is 0 Å². The lowest BCUT2D eigenvalue weighted by Gasteiger charge is -2.10. The minimum absolute atomic E-state index is 0.0501. The Kier molecular flexibility index (Phi) is 10.4. The molecule has 0 aliphatic heterocycles. The molecular formula is C13H29NO. The smallest absolute Gasteiger partial charge is 0.105 e. The molecule has 0 saturated heterocycles. The lowest BCUT2D eigenvalue weighted by Crippen LogP contribution is -2.22. The third kappa shape index (κ3) is 11.8. The summed E-state index contributed by atoms with van der Waals surface area (Å²) in [5, 5.41) is 0. The fourth-order valence-electron chi connectivity index (χ4n) is 1.54. The summed E-state index contributed by atoms with van der Waals surface area (Å²) < 4.78 is 5.41. The van der Waals surface area contributed by atoms with E-state index in [1.54, 1.807) is 0 Å². The Balaban J connectivity index is 2.99. The van der Waals surface area contributed by atoms with Gasteiger partial charge in [0, 0.05) is 6.61 Å². The van der Waals surface area contributed by atoms with Crippen LogP contribution in [0.5, 0.6) is 0 Å². The van der Waals surface area contributed by atoms with E-state index in [-0.39, 0.29) is 6.23 Å². The Hall–Kier alpha value is -0.0800. The summed E-state index contributed by atoms with van der Waals surface area (Å²) in [4.78, 5) is 0. The van der Waals surface area contributed by atoms with E-state index in [9.17, 15) is 0 Å². The molecule has 2 nitrogen and oxygen atoms in total. The molecular weight excluding hydrogens is 186 g/mol. The van der Waals surface area contributed by atoms with Crippen molar-refractivity contribution in [3.05, 3.63) is 0 Å². The summed E-state index contributed by atoms with van der Waals surface area (Å²) in [5.74, 6) is 0.857. The summed E-state index contributed by atoms with van der Waals surface area (Å²) in [6.07, 6.45) is 8.78. The lowest BCUT2D eigenvalue weighted by molar-refractivity contribution is 0.0525. The topological polar surface area (TPSA) is 35.2 Å². The van der Waals surface area contributed by atoms with Crippen LogP contribution in [0.25, 0.3) is 0 Å². The molecule has 0 fully saturated rings. The van der Waals surface area contributed by atoms with Crippen LogP contribution in [0.3, 0.4) is 0 Å². The summed E-state index contributed by atoms with van der Waals surface area (Å²) in [5.41, 5.74) is 5.65. The zero-order chi connectivity index (χ0) is 11.5. The van der Waals surface area contributed by atoms with Crippen LogP contribution in [0.1, 0.15) is 65.7 Å². The van der Waals surface area contributed by atoms with Gasteiger partial charge in [0.2, 0.25) is 0 Å². The van der Waals surface area contributed by atoms with Gasteiger partial charge in [0.1, 0.15) is 6.23 Å². The largest absolute Gasteiger partial charge is 0.364 e. The molecule has 0 aliphatic rings. The normalized spacial score (nSPS) is 13.4. The molecule has 0 saturated carbocycles. The van der Waals surface area contributed by atoms with Crippen molar-refractivity contribution in [2.75, 3.05) is 6.61 Å². The standard InChI is InChI=1S/C13H29NO/c1-4-13(14)15-11-9-7-5-6-8-10-12(2)3/h12-13H,4-11,14H2,1-3H3. The maximum Gasteiger partial charge on any atom is 0.105 e. The van der Waals surface area contributed by atoms with Crippen LogP contribution in [0.4, 0.5) is 0 Å². The van der Waals surface area contributed by atoms with Gasteiger partial charge in [0.25, 0.3) is 0 Å². The first kappa shape index (κ1) is 14.9. The van der Waals surface area contributed by atoms with Crippen molar-refractivity contribution in [3.8, 4) is 0 Å². The summed E-state index contributed by atoms with van der Waals surface area (Å²) in [7, 11) is 0. The van der Waals surface area contributed by atoms with Crippen LogP contribution < -0.4 is 5.73 Å². The van der Waals surface area contributed by atoms with Gasteiger partial charge in [0.05, 0.1) is 0 Å². The van der Waals surface area contributed by atoms with Gasteiger partial charge >= 0.3 is 0 Å². The predicted molar refractivity (Wildman–Crippen MR) is 66.8 cm³/mol. The van der Waals surface area contributed by atoms with E-state index in [0.717, 1.165) is 25.4 Å². The van der Waals surface area contributed by atoms with Crippen molar-refractivity contribution in [2.24, 2.45) is 11.7 Å². The Morgan fingerprint density at radius 1 is 1.00 bits per heavy atom. The Morgan fingerprint density at radius 2 is 1.60 bits per heavy atom. The molecule has 2 heteroatoms. The Bertz CT molecular complexity index is 126. The van der Waals surface area contributed by atoms with E-state index >= 15 is 0 Å². The molecule has 0 bridgehead atoms. The van der Waals surface area contributed by atoms with Crippen molar-refractivity contribution in [1.29, 1.82) is 0 Å². The molecule has 15 heavy (non-hydrogen) atoms. The summed E-state index contributed by atoms with van der Waals surface area (Å²) in [6.45, 7) is 7.47. The van der Waals surface area contributed by atoms with Crippen LogP contribution >= 0.6 is 0 Å². The average Bonchev–Trinajstić information content (AvgIpc) is 2.21. The van der Waals surface area contributed by atoms with E-state index in [2.05, 4.69) is 20.8 Å². The number of nitrogens with two attached hydrogens (primary N) is 1. The van der Waals surface area contributed by atoms with Crippen LogP contribution in [-0.2, 0) is 4.74 Å². The summed E-state index contributed by atoms with van der Waals surface area (Å²) in [6, 6.07) is 0. The van der Waals surface area contributed by atoms with Crippen molar-refractivity contribution in [1.82, 2.24) is 0 Å². The van der Waals surface area contributed by atoms with Crippen LogP contribution in [0.2, 0.25) is 0 Å². The minimum Gasteiger partial charge on any atom is -0.364 e. The van der Waals surface area contributed by atoms with Crippen LogP contribution in [0.15, 0.2) is 0 Å². The second-order valence-electron chi connectivity index (χ2n) is 4.77. The number of rotatable bonds is 10. The van der Waals surface area contributed by atoms with Crippen molar-refractivity contribution >= 4 is 0 Å². The molecule has 92 valence electrons. The molecule has 0 radical (unpaired) electrons. The minimum atomic E-state index is -0.0501. The molecule has 0 aromatic rings.